The molecule has 1 aromatic rings. The number of aryl methyl sites for hydroxylation is 1. The van der Waals surface area contributed by atoms with Gasteiger partial charge in [0, 0.05) is 24.0 Å². The molecule has 22 heavy (non-hydrogen) atoms. The van der Waals surface area contributed by atoms with Gasteiger partial charge in [-0.05, 0) is 19.8 Å². The monoisotopic (exact) mass is 325 g/mol. The average Bonchev–Trinajstić information content (AvgIpc) is 2.88. The van der Waals surface area contributed by atoms with Gasteiger partial charge < -0.3 is 10.2 Å². The maximum Gasteiger partial charge on any atom is 0.245 e. The van der Waals surface area contributed by atoms with Crippen molar-refractivity contribution >= 4 is 28.3 Å². The molecule has 0 unspecified atom stereocenters. The first-order valence-corrected chi connectivity index (χ1v) is 8.88. The van der Waals surface area contributed by atoms with Crippen LogP contribution in [0.3, 0.4) is 0 Å². The molecule has 0 fully saturated rings. The maximum absolute atomic E-state index is 12.2. The van der Waals surface area contributed by atoms with Gasteiger partial charge in [0.05, 0.1) is 6.54 Å². The first-order valence-electron chi connectivity index (χ1n) is 8.06. The molecular formula is C16H27N3O2S. The highest BCUT2D eigenvalue weighted by Crippen LogP contribution is 2.16. The minimum atomic E-state index is -0.176. The van der Waals surface area contributed by atoms with E-state index in [1.165, 1.54) is 11.3 Å². The molecule has 1 N–H and O–H groups in total. The fraction of sp³-hybridized carbons (Fsp3) is 0.688. The van der Waals surface area contributed by atoms with Gasteiger partial charge in [0.1, 0.15) is 0 Å². The quantitative estimate of drug-likeness (QED) is 0.669. The van der Waals surface area contributed by atoms with Crippen LogP contribution in [0.1, 0.15) is 57.2 Å². The van der Waals surface area contributed by atoms with E-state index in [1.54, 1.807) is 11.1 Å². The van der Waals surface area contributed by atoms with Gasteiger partial charge in [-0.3, -0.25) is 9.59 Å². The van der Waals surface area contributed by atoms with E-state index in [9.17, 15) is 9.59 Å². The highest BCUT2D eigenvalue weighted by Gasteiger charge is 2.16. The number of amides is 2. The molecule has 0 bridgehead atoms. The van der Waals surface area contributed by atoms with E-state index in [0.717, 1.165) is 37.0 Å². The molecule has 0 atom stereocenters. The van der Waals surface area contributed by atoms with Crippen LogP contribution in [-0.4, -0.2) is 34.8 Å². The highest BCUT2D eigenvalue weighted by atomic mass is 32.1. The fourth-order valence-electron chi connectivity index (χ4n) is 2.17. The third kappa shape index (κ3) is 7.02. The standard InChI is InChI=1S/C16H27N3O2S/c1-4-6-7-8-9-15(21)19(10-5-2)12-14(20)18-16-17-11-13(3)22-16/h11H,4-10,12H2,1-3H3,(H,17,18,20). The van der Waals surface area contributed by atoms with Crippen molar-refractivity contribution in [2.45, 2.75) is 59.3 Å². The Morgan fingerprint density at radius 3 is 2.59 bits per heavy atom. The number of anilines is 1. The molecule has 0 aliphatic rings. The predicted molar refractivity (Wildman–Crippen MR) is 91.1 cm³/mol. The van der Waals surface area contributed by atoms with Crippen molar-refractivity contribution in [3.63, 3.8) is 0 Å². The number of aromatic nitrogens is 1. The van der Waals surface area contributed by atoms with E-state index < -0.39 is 0 Å². The van der Waals surface area contributed by atoms with Gasteiger partial charge in [-0.15, -0.1) is 11.3 Å². The Labute approximate surface area is 137 Å². The average molecular weight is 325 g/mol. The summed E-state index contributed by atoms with van der Waals surface area (Å²) in [7, 11) is 0. The number of nitrogens with zero attached hydrogens (tertiary/aromatic N) is 2. The Balaban J connectivity index is 2.44. The van der Waals surface area contributed by atoms with Crippen molar-refractivity contribution in [3.05, 3.63) is 11.1 Å². The smallest absolute Gasteiger partial charge is 0.245 e. The van der Waals surface area contributed by atoms with Gasteiger partial charge in [0.25, 0.3) is 0 Å². The first-order chi connectivity index (χ1) is 10.6. The Kier molecular flexibility index (Phi) is 8.74. The van der Waals surface area contributed by atoms with Crippen LogP contribution >= 0.6 is 11.3 Å². The summed E-state index contributed by atoms with van der Waals surface area (Å²) >= 11 is 1.44. The number of thiazole rings is 1. The summed E-state index contributed by atoms with van der Waals surface area (Å²) < 4.78 is 0. The van der Waals surface area contributed by atoms with Crippen molar-refractivity contribution < 1.29 is 9.59 Å². The van der Waals surface area contributed by atoms with E-state index in [0.29, 0.717) is 18.1 Å². The number of carbonyl (C=O) groups excluding carboxylic acids is 2. The SMILES string of the molecule is CCCCCCC(=O)N(CCC)CC(=O)Nc1ncc(C)s1. The van der Waals surface area contributed by atoms with Crippen molar-refractivity contribution in [3.8, 4) is 0 Å². The molecule has 124 valence electrons. The normalized spacial score (nSPS) is 10.5. The van der Waals surface area contributed by atoms with Crippen LogP contribution in [0.15, 0.2) is 6.20 Å². The zero-order chi connectivity index (χ0) is 16.4. The van der Waals surface area contributed by atoms with Gasteiger partial charge in [0.15, 0.2) is 5.13 Å². The molecule has 2 amide bonds. The van der Waals surface area contributed by atoms with Gasteiger partial charge in [0.2, 0.25) is 11.8 Å². The number of hydrogen-bond donors (Lipinski definition) is 1. The van der Waals surface area contributed by atoms with Crippen molar-refractivity contribution in [2.75, 3.05) is 18.4 Å². The molecule has 0 spiro atoms. The van der Waals surface area contributed by atoms with Crippen LogP contribution in [0, 0.1) is 6.92 Å². The second-order valence-electron chi connectivity index (χ2n) is 5.45. The van der Waals surface area contributed by atoms with Crippen molar-refractivity contribution in [2.24, 2.45) is 0 Å². The summed E-state index contributed by atoms with van der Waals surface area (Å²) in [6.45, 7) is 6.84. The minimum Gasteiger partial charge on any atom is -0.333 e. The predicted octanol–water partition coefficient (Wildman–Crippen LogP) is 3.60. The van der Waals surface area contributed by atoms with Crippen LogP contribution in [0.2, 0.25) is 0 Å². The number of nitrogens with one attached hydrogen (secondary N) is 1. The molecular weight excluding hydrogens is 298 g/mol. The van der Waals surface area contributed by atoms with Gasteiger partial charge >= 0.3 is 0 Å². The summed E-state index contributed by atoms with van der Waals surface area (Å²) in [5.41, 5.74) is 0. The lowest BCUT2D eigenvalue weighted by molar-refractivity contribution is -0.134. The minimum absolute atomic E-state index is 0.0726. The van der Waals surface area contributed by atoms with Crippen LogP contribution in [0.5, 0.6) is 0 Å². The topological polar surface area (TPSA) is 62.3 Å². The van der Waals surface area contributed by atoms with Gasteiger partial charge in [-0.25, -0.2) is 4.98 Å². The Morgan fingerprint density at radius 1 is 1.23 bits per heavy atom. The van der Waals surface area contributed by atoms with E-state index in [1.807, 2.05) is 13.8 Å². The summed E-state index contributed by atoms with van der Waals surface area (Å²) in [5.74, 6) is -0.104. The molecule has 0 aliphatic heterocycles. The molecule has 0 aromatic carbocycles. The molecule has 5 nitrogen and oxygen atoms in total. The highest BCUT2D eigenvalue weighted by molar-refractivity contribution is 7.15. The lowest BCUT2D eigenvalue weighted by Crippen LogP contribution is -2.38. The largest absolute Gasteiger partial charge is 0.333 e. The number of carbonyl (C=O) groups is 2. The second kappa shape index (κ2) is 10.3. The molecule has 1 heterocycles. The van der Waals surface area contributed by atoms with E-state index in [4.69, 9.17) is 0 Å². The van der Waals surface area contributed by atoms with Gasteiger partial charge in [-0.2, -0.15) is 0 Å². The van der Waals surface area contributed by atoms with Crippen LogP contribution in [0.25, 0.3) is 0 Å². The molecule has 0 saturated carbocycles. The van der Waals surface area contributed by atoms with E-state index in [-0.39, 0.29) is 18.4 Å². The van der Waals surface area contributed by atoms with Crippen molar-refractivity contribution in [1.82, 2.24) is 9.88 Å². The summed E-state index contributed by atoms with van der Waals surface area (Å²) in [4.78, 5) is 31.1. The second-order valence-corrected chi connectivity index (χ2v) is 6.68. The molecule has 0 radical (unpaired) electrons. The Hall–Kier alpha value is -1.43. The molecule has 0 saturated heterocycles. The lowest BCUT2D eigenvalue weighted by atomic mass is 10.1. The third-order valence-electron chi connectivity index (χ3n) is 3.29. The Bertz CT molecular complexity index is 474. The van der Waals surface area contributed by atoms with Crippen LogP contribution < -0.4 is 5.32 Å². The summed E-state index contributed by atoms with van der Waals surface area (Å²) in [5, 5.41) is 3.35. The maximum atomic E-state index is 12.2. The zero-order valence-electron chi connectivity index (χ0n) is 13.9. The van der Waals surface area contributed by atoms with E-state index in [2.05, 4.69) is 17.2 Å². The molecule has 1 aromatic heterocycles. The zero-order valence-corrected chi connectivity index (χ0v) is 14.7. The summed E-state index contributed by atoms with van der Waals surface area (Å²) in [6.07, 6.45) is 7.40. The Morgan fingerprint density at radius 2 is 2.00 bits per heavy atom. The lowest BCUT2D eigenvalue weighted by Gasteiger charge is -2.21. The first kappa shape index (κ1) is 18.6. The number of unbranched alkanes of at least 4 members (excludes halogenated alkanes) is 3. The van der Waals surface area contributed by atoms with Crippen molar-refractivity contribution in [1.29, 1.82) is 0 Å². The van der Waals surface area contributed by atoms with E-state index >= 15 is 0 Å². The fourth-order valence-corrected chi connectivity index (χ4v) is 2.85. The molecule has 6 heteroatoms. The third-order valence-corrected chi connectivity index (χ3v) is 4.12. The number of hydrogen-bond acceptors (Lipinski definition) is 4. The van der Waals surface area contributed by atoms with Crippen LogP contribution in [0.4, 0.5) is 5.13 Å². The summed E-state index contributed by atoms with van der Waals surface area (Å²) in [6, 6.07) is 0. The molecule has 0 aliphatic carbocycles. The molecule has 1 rings (SSSR count). The van der Waals surface area contributed by atoms with Gasteiger partial charge in [-0.1, -0.05) is 33.1 Å². The van der Waals surface area contributed by atoms with Crippen LogP contribution in [-0.2, 0) is 9.59 Å². The number of rotatable bonds is 10.